The summed E-state index contributed by atoms with van der Waals surface area (Å²) in [7, 11) is 0. The third-order valence-electron chi connectivity index (χ3n) is 2.92. The molecule has 1 atom stereocenters. The van der Waals surface area contributed by atoms with Gasteiger partial charge in [0, 0.05) is 26.4 Å². The summed E-state index contributed by atoms with van der Waals surface area (Å²) in [6.07, 6.45) is 5.27. The van der Waals surface area contributed by atoms with Gasteiger partial charge in [0.15, 0.2) is 0 Å². The number of hydrogen-bond acceptors (Lipinski definition) is 1. The smallest absolute Gasteiger partial charge is 0.120 e. The van der Waals surface area contributed by atoms with Crippen LogP contribution in [0.3, 0.4) is 0 Å². The van der Waals surface area contributed by atoms with E-state index in [2.05, 4.69) is 93.3 Å². The van der Waals surface area contributed by atoms with Gasteiger partial charge in [-0.15, -0.1) is 0 Å². The molecule has 0 fully saturated rings. The van der Waals surface area contributed by atoms with Crippen molar-refractivity contribution in [3.05, 3.63) is 51.9 Å². The minimum Gasteiger partial charge on any atom is -0.494 e. The highest BCUT2D eigenvalue weighted by molar-refractivity contribution is 14.1. The lowest BCUT2D eigenvalue weighted by Crippen LogP contribution is -2.12. The van der Waals surface area contributed by atoms with Crippen molar-refractivity contribution < 1.29 is 4.74 Å². The summed E-state index contributed by atoms with van der Waals surface area (Å²) in [5, 5.41) is 0. The van der Waals surface area contributed by atoms with Gasteiger partial charge in [-0.1, -0.05) is 28.7 Å². The molecule has 0 bridgehead atoms. The largest absolute Gasteiger partial charge is 0.494 e. The van der Waals surface area contributed by atoms with Crippen LogP contribution in [0, 0.1) is 10.5 Å². The quantitative estimate of drug-likeness (QED) is 0.432. The lowest BCUT2D eigenvalue weighted by Gasteiger charge is -2.12. The zero-order valence-electron chi connectivity index (χ0n) is 10.9. The van der Waals surface area contributed by atoms with Crippen LogP contribution in [0.4, 0.5) is 0 Å². The van der Waals surface area contributed by atoms with Gasteiger partial charge in [-0.25, -0.2) is 0 Å². The standard InChI is InChI=1S/C15H17I2NO/c1-12-4-5-14(10-15(12)17)19-9-6-13(16)11-18-7-2-3-8-18/h2-5,7-8,10,13H,6,9,11H2,1H3. The minimum atomic E-state index is 0.592. The highest BCUT2D eigenvalue weighted by Gasteiger charge is 2.05. The Kier molecular flexibility index (Phi) is 6.00. The zero-order valence-corrected chi connectivity index (χ0v) is 15.2. The van der Waals surface area contributed by atoms with Crippen LogP contribution in [-0.2, 0) is 6.54 Å². The lowest BCUT2D eigenvalue weighted by atomic mass is 10.2. The van der Waals surface area contributed by atoms with Crippen molar-refractivity contribution in [2.45, 2.75) is 23.8 Å². The fourth-order valence-electron chi connectivity index (χ4n) is 1.78. The molecule has 0 aliphatic carbocycles. The third kappa shape index (κ3) is 4.98. The van der Waals surface area contributed by atoms with Crippen molar-refractivity contribution in [2.75, 3.05) is 6.61 Å². The predicted octanol–water partition coefficient (Wildman–Crippen LogP) is 4.67. The van der Waals surface area contributed by atoms with E-state index in [4.69, 9.17) is 4.74 Å². The fourth-order valence-corrected chi connectivity index (χ4v) is 2.98. The molecular formula is C15H17I2NO. The third-order valence-corrected chi connectivity index (χ3v) is 5.10. The Morgan fingerprint density at radius 3 is 2.68 bits per heavy atom. The number of alkyl halides is 1. The molecule has 2 nitrogen and oxygen atoms in total. The van der Waals surface area contributed by atoms with E-state index in [0.717, 1.165) is 25.3 Å². The molecule has 1 aromatic carbocycles. The number of rotatable bonds is 6. The number of halogens is 2. The van der Waals surface area contributed by atoms with Gasteiger partial charge in [-0.05, 0) is 65.8 Å². The van der Waals surface area contributed by atoms with Gasteiger partial charge in [-0.3, -0.25) is 0 Å². The Hall–Kier alpha value is -0.240. The van der Waals surface area contributed by atoms with Crippen LogP contribution < -0.4 is 4.74 Å². The molecule has 0 N–H and O–H groups in total. The average Bonchev–Trinajstić information content (AvgIpc) is 2.86. The highest BCUT2D eigenvalue weighted by atomic mass is 127. The molecule has 102 valence electrons. The maximum atomic E-state index is 5.81. The van der Waals surface area contributed by atoms with E-state index in [1.165, 1.54) is 9.13 Å². The van der Waals surface area contributed by atoms with Gasteiger partial charge < -0.3 is 9.30 Å². The number of aryl methyl sites for hydroxylation is 1. The first-order valence-corrected chi connectivity index (χ1v) is 8.61. The van der Waals surface area contributed by atoms with Crippen LogP contribution >= 0.6 is 45.2 Å². The second kappa shape index (κ2) is 7.52. The highest BCUT2D eigenvalue weighted by Crippen LogP contribution is 2.19. The van der Waals surface area contributed by atoms with E-state index in [1.54, 1.807) is 0 Å². The van der Waals surface area contributed by atoms with E-state index in [9.17, 15) is 0 Å². The first kappa shape index (κ1) is 15.2. The Morgan fingerprint density at radius 2 is 2.00 bits per heavy atom. The van der Waals surface area contributed by atoms with Crippen molar-refractivity contribution in [3.8, 4) is 5.75 Å². The number of hydrogen-bond donors (Lipinski definition) is 0. The van der Waals surface area contributed by atoms with Gasteiger partial charge in [0.1, 0.15) is 5.75 Å². The maximum absolute atomic E-state index is 5.81. The first-order valence-electron chi connectivity index (χ1n) is 6.29. The summed E-state index contributed by atoms with van der Waals surface area (Å²) >= 11 is 4.84. The molecule has 0 aliphatic rings. The van der Waals surface area contributed by atoms with Crippen molar-refractivity contribution in [1.29, 1.82) is 0 Å². The molecule has 2 aromatic rings. The first-order chi connectivity index (χ1) is 9.15. The van der Waals surface area contributed by atoms with Crippen molar-refractivity contribution in [1.82, 2.24) is 4.57 Å². The second-order valence-corrected chi connectivity index (χ2v) is 7.45. The van der Waals surface area contributed by atoms with Gasteiger partial charge >= 0.3 is 0 Å². The monoisotopic (exact) mass is 481 g/mol. The molecular weight excluding hydrogens is 464 g/mol. The number of nitrogens with zero attached hydrogens (tertiary/aromatic N) is 1. The van der Waals surface area contributed by atoms with Crippen molar-refractivity contribution >= 4 is 45.2 Å². The summed E-state index contributed by atoms with van der Waals surface area (Å²) in [6, 6.07) is 10.4. The van der Waals surface area contributed by atoms with E-state index in [1.807, 2.05) is 6.07 Å². The molecule has 2 rings (SSSR count). The van der Waals surface area contributed by atoms with Crippen LogP contribution in [0.5, 0.6) is 5.75 Å². The topological polar surface area (TPSA) is 14.2 Å². The fraction of sp³-hybridized carbons (Fsp3) is 0.333. The van der Waals surface area contributed by atoms with E-state index >= 15 is 0 Å². The average molecular weight is 481 g/mol. The van der Waals surface area contributed by atoms with Gasteiger partial charge in [0.2, 0.25) is 0 Å². The summed E-state index contributed by atoms with van der Waals surface area (Å²) < 4.78 is 9.88. The van der Waals surface area contributed by atoms with E-state index < -0.39 is 0 Å². The number of benzene rings is 1. The molecule has 0 saturated carbocycles. The number of aromatic nitrogens is 1. The normalized spacial score (nSPS) is 12.4. The van der Waals surface area contributed by atoms with Crippen molar-refractivity contribution in [3.63, 3.8) is 0 Å². The van der Waals surface area contributed by atoms with Crippen LogP contribution in [0.15, 0.2) is 42.7 Å². The van der Waals surface area contributed by atoms with E-state index in [0.29, 0.717) is 3.92 Å². The molecule has 0 aliphatic heterocycles. The predicted molar refractivity (Wildman–Crippen MR) is 96.2 cm³/mol. The summed E-state index contributed by atoms with van der Waals surface area (Å²) in [4.78, 5) is 0. The summed E-state index contributed by atoms with van der Waals surface area (Å²) in [5.41, 5.74) is 1.30. The molecule has 0 radical (unpaired) electrons. The van der Waals surface area contributed by atoms with Gasteiger partial charge in [0.25, 0.3) is 0 Å². The zero-order chi connectivity index (χ0) is 13.7. The maximum Gasteiger partial charge on any atom is 0.120 e. The lowest BCUT2D eigenvalue weighted by molar-refractivity contribution is 0.307. The molecule has 1 unspecified atom stereocenters. The Bertz CT molecular complexity index is 511. The second-order valence-electron chi connectivity index (χ2n) is 4.53. The van der Waals surface area contributed by atoms with E-state index in [-0.39, 0.29) is 0 Å². The Morgan fingerprint density at radius 1 is 1.26 bits per heavy atom. The summed E-state index contributed by atoms with van der Waals surface area (Å²) in [6.45, 7) is 3.93. The number of ether oxygens (including phenoxy) is 1. The molecule has 0 saturated heterocycles. The van der Waals surface area contributed by atoms with Crippen LogP contribution in [0.25, 0.3) is 0 Å². The molecule has 19 heavy (non-hydrogen) atoms. The SMILES string of the molecule is Cc1ccc(OCCC(I)Cn2cccc2)cc1I. The van der Waals surface area contributed by atoms with Crippen LogP contribution in [0.1, 0.15) is 12.0 Å². The van der Waals surface area contributed by atoms with Crippen LogP contribution in [-0.4, -0.2) is 15.1 Å². The molecule has 1 aromatic heterocycles. The van der Waals surface area contributed by atoms with Crippen LogP contribution in [0.2, 0.25) is 0 Å². The molecule has 1 heterocycles. The minimum absolute atomic E-state index is 0.592. The Balaban J connectivity index is 1.75. The summed E-state index contributed by atoms with van der Waals surface area (Å²) in [5.74, 6) is 0.972. The van der Waals surface area contributed by atoms with Gasteiger partial charge in [0.05, 0.1) is 6.61 Å². The molecule has 0 amide bonds. The Labute approximate surface area is 141 Å². The molecule has 4 heteroatoms. The molecule has 0 spiro atoms. The van der Waals surface area contributed by atoms with Gasteiger partial charge in [-0.2, -0.15) is 0 Å². The van der Waals surface area contributed by atoms with Crippen molar-refractivity contribution in [2.24, 2.45) is 0 Å².